The summed E-state index contributed by atoms with van der Waals surface area (Å²) in [4.78, 5) is 22.6. The van der Waals surface area contributed by atoms with Crippen molar-refractivity contribution in [3.8, 4) is 0 Å². The van der Waals surface area contributed by atoms with Gasteiger partial charge >= 0.3 is 11.9 Å². The molecular weight excluding hydrogens is 154 g/mol. The van der Waals surface area contributed by atoms with Crippen molar-refractivity contribution in [1.29, 1.82) is 0 Å². The summed E-state index contributed by atoms with van der Waals surface area (Å²) < 4.78 is 0. The molecule has 6 heteroatoms. The summed E-state index contributed by atoms with van der Waals surface area (Å²) in [6.45, 7) is 0. The molecule has 0 unspecified atom stereocenters. The van der Waals surface area contributed by atoms with Crippen molar-refractivity contribution in [2.45, 2.75) is 12.5 Å². The van der Waals surface area contributed by atoms with Crippen molar-refractivity contribution in [3.05, 3.63) is 0 Å². The highest BCUT2D eigenvalue weighted by Crippen LogP contribution is 1.89. The van der Waals surface area contributed by atoms with Gasteiger partial charge in [0.1, 0.15) is 6.04 Å². The second-order valence-electron chi connectivity index (χ2n) is 1.78. The summed E-state index contributed by atoms with van der Waals surface area (Å²) in [5.74, 6) is -2.21. The highest BCUT2D eigenvalue weighted by molar-refractivity contribution is 6.06. The van der Waals surface area contributed by atoms with Crippen LogP contribution in [0.5, 0.6) is 0 Å². The van der Waals surface area contributed by atoms with Gasteiger partial charge in [0.2, 0.25) is 0 Å². The zero-order chi connectivity index (χ0) is 8.15. The molecule has 1 atom stereocenters. The van der Waals surface area contributed by atoms with E-state index in [9.17, 15) is 9.59 Å². The molecule has 10 heavy (non-hydrogen) atoms. The number of aliphatic carboxylic acids is 2. The predicted molar refractivity (Wildman–Crippen MR) is 36.8 cm³/mol. The summed E-state index contributed by atoms with van der Waals surface area (Å²) in [6.07, 6.45) is -0.362. The van der Waals surface area contributed by atoms with Crippen LogP contribution >= 0.6 is 0 Å². The van der Waals surface area contributed by atoms with Gasteiger partial charge in [-0.05, 0) is 0 Å². The van der Waals surface area contributed by atoms with Crippen LogP contribution in [-0.2, 0) is 9.59 Å². The molecule has 0 bridgehead atoms. The molecule has 0 aliphatic rings. The topological polar surface area (TPSA) is 86.6 Å². The van der Waals surface area contributed by atoms with Gasteiger partial charge in [0, 0.05) is 0 Å². The lowest BCUT2D eigenvalue weighted by molar-refractivity contribution is -0.145. The highest BCUT2D eigenvalue weighted by Gasteiger charge is 2.17. The maximum Gasteiger partial charge on any atom is 0.320 e. The lowest BCUT2D eigenvalue weighted by atomic mass is 10.2. The Morgan fingerprint density at radius 2 is 2.00 bits per heavy atom. The Kier molecular flexibility index (Phi) is 3.66. The Morgan fingerprint density at radius 3 is 2.10 bits per heavy atom. The van der Waals surface area contributed by atoms with Gasteiger partial charge in [-0.15, -0.1) is 0 Å². The number of hydrogen-bond acceptors (Lipinski definition) is 3. The van der Waals surface area contributed by atoms with Crippen molar-refractivity contribution >= 4 is 22.3 Å². The Hall–Kier alpha value is -0.883. The first kappa shape index (κ1) is 9.12. The lowest BCUT2D eigenvalue weighted by Gasteiger charge is -2.06. The van der Waals surface area contributed by atoms with Crippen LogP contribution in [0.4, 0.5) is 0 Å². The van der Waals surface area contributed by atoms with Gasteiger partial charge in [-0.2, -0.15) is 0 Å². The Balaban J connectivity index is 3.83. The van der Waals surface area contributed by atoms with Gasteiger partial charge < -0.3 is 15.2 Å². The molecular formula is C4H9NO4Si. The quantitative estimate of drug-likeness (QED) is 0.409. The molecule has 0 aliphatic carbocycles. The zero-order valence-corrected chi connectivity index (χ0v) is 7.50. The van der Waals surface area contributed by atoms with E-state index >= 15 is 0 Å². The van der Waals surface area contributed by atoms with E-state index in [0.29, 0.717) is 10.4 Å². The van der Waals surface area contributed by atoms with Gasteiger partial charge in [-0.3, -0.25) is 9.59 Å². The molecule has 0 aromatic carbocycles. The first-order chi connectivity index (χ1) is 4.57. The zero-order valence-electron chi connectivity index (χ0n) is 5.50. The van der Waals surface area contributed by atoms with E-state index in [-0.39, 0.29) is 6.42 Å². The minimum Gasteiger partial charge on any atom is -0.481 e. The molecule has 0 heterocycles. The van der Waals surface area contributed by atoms with Crippen molar-refractivity contribution in [2.24, 2.45) is 0 Å². The Labute approximate surface area is 60.5 Å². The number of carbonyl (C=O) groups is 2. The van der Waals surface area contributed by atoms with Gasteiger partial charge in [-0.25, -0.2) is 0 Å². The van der Waals surface area contributed by atoms with Crippen molar-refractivity contribution in [2.75, 3.05) is 0 Å². The van der Waals surface area contributed by atoms with E-state index in [0.717, 1.165) is 0 Å². The average Bonchev–Trinajstić information content (AvgIpc) is 1.81. The van der Waals surface area contributed by atoms with E-state index in [1.165, 1.54) is 0 Å². The standard InChI is InChI=1S/C4H9NO4Si/c6-3(7)1-2(5-10)4(8)9/h2,5H,1H2,10H3,(H,6,7)(H,8,9)/t2-/m0/s1. The average molecular weight is 163 g/mol. The van der Waals surface area contributed by atoms with Crippen LogP contribution in [0.25, 0.3) is 0 Å². The van der Waals surface area contributed by atoms with Crippen LogP contribution in [0.15, 0.2) is 0 Å². The Morgan fingerprint density at radius 1 is 1.50 bits per heavy atom. The maximum absolute atomic E-state index is 10.2. The summed E-state index contributed by atoms with van der Waals surface area (Å²) in [7, 11) is 0.481. The highest BCUT2D eigenvalue weighted by atomic mass is 28.2. The number of nitrogens with one attached hydrogen (secondary N) is 1. The second-order valence-corrected chi connectivity index (χ2v) is 2.35. The van der Waals surface area contributed by atoms with E-state index in [4.69, 9.17) is 10.2 Å². The fourth-order valence-electron chi connectivity index (χ4n) is 0.487. The largest absolute Gasteiger partial charge is 0.481 e. The number of carboxylic acids is 2. The van der Waals surface area contributed by atoms with Crippen molar-refractivity contribution < 1.29 is 19.8 Å². The third-order valence-electron chi connectivity index (χ3n) is 1.03. The van der Waals surface area contributed by atoms with Crippen molar-refractivity contribution in [1.82, 2.24) is 4.98 Å². The fraction of sp³-hybridized carbons (Fsp3) is 0.500. The minimum atomic E-state index is -1.11. The molecule has 3 N–H and O–H groups in total. The fourth-order valence-corrected chi connectivity index (χ4v) is 0.939. The summed E-state index contributed by atoms with van der Waals surface area (Å²) in [6, 6.07) is -0.927. The molecule has 0 aliphatic heterocycles. The van der Waals surface area contributed by atoms with E-state index in [2.05, 4.69) is 4.98 Å². The minimum absolute atomic E-state index is 0.362. The molecule has 0 amide bonds. The van der Waals surface area contributed by atoms with Crippen LogP contribution in [0.3, 0.4) is 0 Å². The van der Waals surface area contributed by atoms with Crippen LogP contribution in [0, 0.1) is 0 Å². The maximum atomic E-state index is 10.2. The third-order valence-corrected chi connectivity index (χ3v) is 1.72. The molecule has 0 saturated carbocycles. The van der Waals surface area contributed by atoms with Gasteiger partial charge in [-0.1, -0.05) is 0 Å². The molecule has 0 rings (SSSR count). The first-order valence-corrected chi connectivity index (χ1v) is 3.69. The van der Waals surface area contributed by atoms with Crippen molar-refractivity contribution in [3.63, 3.8) is 0 Å². The SMILES string of the molecule is O=C(O)C[C@H](N[SiH3])C(=O)O. The van der Waals surface area contributed by atoms with Gasteiger partial charge in [0.15, 0.2) is 0 Å². The van der Waals surface area contributed by atoms with Crippen LogP contribution in [0.1, 0.15) is 6.42 Å². The number of hydrogen-bond donors (Lipinski definition) is 3. The van der Waals surface area contributed by atoms with E-state index in [1.54, 1.807) is 0 Å². The molecule has 0 aromatic rings. The van der Waals surface area contributed by atoms with Crippen LogP contribution in [0.2, 0.25) is 0 Å². The monoisotopic (exact) mass is 163 g/mol. The van der Waals surface area contributed by atoms with Crippen LogP contribution in [-0.4, -0.2) is 38.6 Å². The van der Waals surface area contributed by atoms with Gasteiger partial charge in [0.25, 0.3) is 0 Å². The first-order valence-electron chi connectivity index (χ1n) is 2.69. The molecule has 5 nitrogen and oxygen atoms in total. The summed E-state index contributed by atoms with van der Waals surface area (Å²) >= 11 is 0. The summed E-state index contributed by atoms with van der Waals surface area (Å²) in [5.41, 5.74) is 0. The molecule has 0 fully saturated rings. The molecule has 0 aromatic heterocycles. The second kappa shape index (κ2) is 4.02. The van der Waals surface area contributed by atoms with Crippen LogP contribution < -0.4 is 4.98 Å². The molecule has 58 valence electrons. The molecule has 0 spiro atoms. The normalized spacial score (nSPS) is 12.8. The molecule has 0 saturated heterocycles. The van der Waals surface area contributed by atoms with Gasteiger partial charge in [0.05, 0.1) is 16.8 Å². The predicted octanol–water partition coefficient (Wildman–Crippen LogP) is -2.22. The van der Waals surface area contributed by atoms with E-state index in [1.807, 2.05) is 0 Å². The van der Waals surface area contributed by atoms with E-state index < -0.39 is 18.0 Å². The summed E-state index contributed by atoms with van der Waals surface area (Å²) in [5, 5.41) is 16.5. The number of rotatable bonds is 4. The molecule has 0 radical (unpaired) electrons. The Bertz CT molecular complexity index is 148. The number of carboxylic acid groups (broad SMARTS) is 2. The lowest BCUT2D eigenvalue weighted by Crippen LogP contribution is -2.36. The third kappa shape index (κ3) is 3.20. The smallest absolute Gasteiger partial charge is 0.320 e.